The van der Waals surface area contributed by atoms with E-state index in [1.165, 1.54) is 38.5 Å². The maximum absolute atomic E-state index is 4.36. The Kier molecular flexibility index (Phi) is 4.75. The highest BCUT2D eigenvalue weighted by atomic mass is 15.2. The number of nitrogens with one attached hydrogen (secondary N) is 2. The summed E-state index contributed by atoms with van der Waals surface area (Å²) < 4.78 is 0. The summed E-state index contributed by atoms with van der Waals surface area (Å²) in [4.78, 5) is 4.36. The summed E-state index contributed by atoms with van der Waals surface area (Å²) in [5.41, 5.74) is 0.638. The number of nitrogens with zero attached hydrogens (tertiary/aromatic N) is 1. The molecule has 0 bridgehead atoms. The maximum Gasteiger partial charge on any atom is 0.191 e. The molecule has 2 fully saturated rings. The van der Waals surface area contributed by atoms with E-state index in [0.717, 1.165) is 24.3 Å². The van der Waals surface area contributed by atoms with Crippen LogP contribution in [0.15, 0.2) is 4.99 Å². The Morgan fingerprint density at radius 3 is 2.37 bits per heavy atom. The van der Waals surface area contributed by atoms with Crippen LogP contribution in [0.25, 0.3) is 0 Å². The van der Waals surface area contributed by atoms with Crippen molar-refractivity contribution in [1.29, 1.82) is 0 Å². The van der Waals surface area contributed by atoms with E-state index >= 15 is 0 Å². The van der Waals surface area contributed by atoms with Gasteiger partial charge in [0.15, 0.2) is 5.96 Å². The molecule has 110 valence electrons. The van der Waals surface area contributed by atoms with Crippen LogP contribution in [0.4, 0.5) is 0 Å². The van der Waals surface area contributed by atoms with E-state index < -0.39 is 0 Å². The predicted octanol–water partition coefficient (Wildman–Crippen LogP) is 3.17. The summed E-state index contributed by atoms with van der Waals surface area (Å²) >= 11 is 0. The largest absolute Gasteiger partial charge is 0.356 e. The fraction of sp³-hybridized carbons (Fsp3) is 0.938. The third kappa shape index (κ3) is 4.39. The molecular formula is C16H31N3. The molecule has 0 aromatic heterocycles. The van der Waals surface area contributed by atoms with Gasteiger partial charge in [-0.3, -0.25) is 4.99 Å². The fourth-order valence-electron chi connectivity index (χ4n) is 2.93. The first-order chi connectivity index (χ1) is 9.05. The molecule has 2 saturated carbocycles. The fourth-order valence-corrected chi connectivity index (χ4v) is 2.93. The minimum atomic E-state index is 0.504. The van der Waals surface area contributed by atoms with Crippen molar-refractivity contribution in [2.75, 3.05) is 13.6 Å². The molecular weight excluding hydrogens is 234 g/mol. The number of aliphatic imine (C=N–C) groups is 1. The van der Waals surface area contributed by atoms with Gasteiger partial charge in [-0.25, -0.2) is 0 Å². The Labute approximate surface area is 118 Å². The van der Waals surface area contributed by atoms with Crippen molar-refractivity contribution >= 4 is 5.96 Å². The summed E-state index contributed by atoms with van der Waals surface area (Å²) in [5.74, 6) is 2.78. The monoisotopic (exact) mass is 265 g/mol. The first-order valence-corrected chi connectivity index (χ1v) is 8.03. The number of hydrogen-bond acceptors (Lipinski definition) is 1. The van der Waals surface area contributed by atoms with Gasteiger partial charge in [-0.2, -0.15) is 0 Å². The average molecular weight is 265 g/mol. The lowest BCUT2D eigenvalue weighted by Crippen LogP contribution is -2.44. The zero-order chi connectivity index (χ0) is 13.9. The van der Waals surface area contributed by atoms with E-state index in [4.69, 9.17) is 0 Å². The molecule has 0 amide bonds. The SMILES string of the molecule is CN=C(NCC1(C2CC2)CC1)NC(C)CCC(C)C. The molecule has 0 saturated heterocycles. The van der Waals surface area contributed by atoms with Crippen LogP contribution in [0.5, 0.6) is 0 Å². The first kappa shape index (κ1) is 14.7. The van der Waals surface area contributed by atoms with Gasteiger partial charge in [0.25, 0.3) is 0 Å². The lowest BCUT2D eigenvalue weighted by Gasteiger charge is -2.21. The van der Waals surface area contributed by atoms with Crippen LogP contribution in [0.3, 0.4) is 0 Å². The normalized spacial score (nSPS) is 23.3. The Morgan fingerprint density at radius 1 is 1.21 bits per heavy atom. The average Bonchev–Trinajstić information content (AvgIpc) is 3.24. The Balaban J connectivity index is 1.68. The van der Waals surface area contributed by atoms with E-state index in [-0.39, 0.29) is 0 Å². The van der Waals surface area contributed by atoms with Gasteiger partial charge in [-0.1, -0.05) is 13.8 Å². The van der Waals surface area contributed by atoms with Gasteiger partial charge >= 0.3 is 0 Å². The van der Waals surface area contributed by atoms with E-state index in [1.807, 2.05) is 7.05 Å². The molecule has 0 heterocycles. The molecule has 3 heteroatoms. The third-order valence-electron chi connectivity index (χ3n) is 4.73. The molecule has 1 atom stereocenters. The van der Waals surface area contributed by atoms with Crippen LogP contribution in [-0.4, -0.2) is 25.6 Å². The van der Waals surface area contributed by atoms with Gasteiger partial charge in [0.1, 0.15) is 0 Å². The first-order valence-electron chi connectivity index (χ1n) is 8.03. The maximum atomic E-state index is 4.36. The molecule has 2 aliphatic carbocycles. The molecule has 2 rings (SSSR count). The van der Waals surface area contributed by atoms with Crippen LogP contribution in [0.1, 0.15) is 59.3 Å². The molecule has 1 unspecified atom stereocenters. The molecule has 0 aromatic carbocycles. The second kappa shape index (κ2) is 6.15. The van der Waals surface area contributed by atoms with Crippen LogP contribution >= 0.6 is 0 Å². The van der Waals surface area contributed by atoms with Gasteiger partial charge < -0.3 is 10.6 Å². The zero-order valence-corrected chi connectivity index (χ0v) is 13.1. The molecule has 3 nitrogen and oxygen atoms in total. The van der Waals surface area contributed by atoms with Crippen LogP contribution in [0.2, 0.25) is 0 Å². The second-order valence-electron chi connectivity index (χ2n) is 7.08. The number of guanidine groups is 1. The van der Waals surface area contributed by atoms with Crippen molar-refractivity contribution < 1.29 is 0 Å². The van der Waals surface area contributed by atoms with Crippen molar-refractivity contribution in [3.63, 3.8) is 0 Å². The molecule has 2 N–H and O–H groups in total. The van der Waals surface area contributed by atoms with Gasteiger partial charge in [-0.05, 0) is 62.7 Å². The minimum absolute atomic E-state index is 0.504. The summed E-state index contributed by atoms with van der Waals surface area (Å²) in [5, 5.41) is 7.07. The van der Waals surface area contributed by atoms with Gasteiger partial charge in [0, 0.05) is 19.6 Å². The van der Waals surface area contributed by atoms with Crippen LogP contribution in [-0.2, 0) is 0 Å². The number of rotatable bonds is 7. The molecule has 0 spiro atoms. The van der Waals surface area contributed by atoms with Gasteiger partial charge in [-0.15, -0.1) is 0 Å². The highest BCUT2D eigenvalue weighted by Gasteiger charge is 2.53. The quantitative estimate of drug-likeness (QED) is 0.548. The van der Waals surface area contributed by atoms with Gasteiger partial charge in [0.05, 0.1) is 0 Å². The standard InChI is InChI=1S/C16H31N3/c1-12(2)5-6-13(3)19-15(17-4)18-11-16(9-10-16)14-7-8-14/h12-14H,5-11H2,1-4H3,(H2,17,18,19). The topological polar surface area (TPSA) is 36.4 Å². The Morgan fingerprint density at radius 2 is 1.89 bits per heavy atom. The summed E-state index contributed by atoms with van der Waals surface area (Å²) in [6.07, 6.45) is 8.25. The second-order valence-corrected chi connectivity index (χ2v) is 7.08. The van der Waals surface area contributed by atoms with Crippen molar-refractivity contribution in [3.8, 4) is 0 Å². The van der Waals surface area contributed by atoms with Crippen molar-refractivity contribution in [2.24, 2.45) is 22.2 Å². The summed E-state index contributed by atoms with van der Waals surface area (Å²) in [7, 11) is 1.88. The molecule has 19 heavy (non-hydrogen) atoms. The molecule has 2 aliphatic rings. The Hall–Kier alpha value is -0.730. The Bertz CT molecular complexity index is 314. The van der Waals surface area contributed by atoms with Gasteiger partial charge in [0.2, 0.25) is 0 Å². The van der Waals surface area contributed by atoms with Crippen molar-refractivity contribution in [3.05, 3.63) is 0 Å². The highest BCUT2D eigenvalue weighted by molar-refractivity contribution is 5.80. The third-order valence-corrected chi connectivity index (χ3v) is 4.73. The van der Waals surface area contributed by atoms with E-state index in [2.05, 4.69) is 36.4 Å². The van der Waals surface area contributed by atoms with Crippen LogP contribution < -0.4 is 10.6 Å². The van der Waals surface area contributed by atoms with E-state index in [0.29, 0.717) is 11.5 Å². The molecule has 0 radical (unpaired) electrons. The lowest BCUT2D eigenvalue weighted by molar-refractivity contribution is 0.427. The predicted molar refractivity (Wildman–Crippen MR) is 82.4 cm³/mol. The van der Waals surface area contributed by atoms with Crippen LogP contribution in [0, 0.1) is 17.3 Å². The van der Waals surface area contributed by atoms with Crippen molar-refractivity contribution in [2.45, 2.75) is 65.3 Å². The summed E-state index contributed by atoms with van der Waals surface area (Å²) in [6.45, 7) is 7.94. The molecule has 0 aromatic rings. The summed E-state index contributed by atoms with van der Waals surface area (Å²) in [6, 6.07) is 0.504. The molecule has 0 aliphatic heterocycles. The zero-order valence-electron chi connectivity index (χ0n) is 13.1. The van der Waals surface area contributed by atoms with Crippen molar-refractivity contribution in [1.82, 2.24) is 10.6 Å². The minimum Gasteiger partial charge on any atom is -0.356 e. The van der Waals surface area contributed by atoms with E-state index in [1.54, 1.807) is 0 Å². The number of hydrogen-bond donors (Lipinski definition) is 2. The van der Waals surface area contributed by atoms with E-state index in [9.17, 15) is 0 Å². The lowest BCUT2D eigenvalue weighted by atomic mass is 10.0. The highest BCUT2D eigenvalue weighted by Crippen LogP contribution is 2.60. The smallest absolute Gasteiger partial charge is 0.191 e.